The maximum Gasteiger partial charge on any atom is 0.269 e. The van der Waals surface area contributed by atoms with Crippen LogP contribution in [0, 0.1) is 5.41 Å². The Morgan fingerprint density at radius 3 is 2.85 bits per heavy atom. The van der Waals surface area contributed by atoms with Gasteiger partial charge < -0.3 is 21.1 Å². The first-order chi connectivity index (χ1) is 9.40. The number of aromatic amines is 1. The summed E-state index contributed by atoms with van der Waals surface area (Å²) in [6.45, 7) is 2.16. The van der Waals surface area contributed by atoms with E-state index in [1.807, 2.05) is 0 Å². The van der Waals surface area contributed by atoms with E-state index in [0.717, 1.165) is 4.48 Å². The normalized spacial score (nSPS) is 17.2. The number of nitrogens with one attached hydrogen (secondary N) is 3. The largest absolute Gasteiger partial charge is 0.492 e. The van der Waals surface area contributed by atoms with Crippen molar-refractivity contribution in [3.05, 3.63) is 21.8 Å². The Bertz CT molecular complexity index is 640. The van der Waals surface area contributed by atoms with Crippen molar-refractivity contribution < 1.29 is 9.90 Å². The highest BCUT2D eigenvalue weighted by Gasteiger charge is 2.24. The SMILES string of the molecule is C/C(Br)=C\C1=C(c2[nH]c(N)nc2O)CCNC(=O)C1=N. The van der Waals surface area contributed by atoms with Crippen LogP contribution in [-0.4, -0.2) is 33.2 Å². The molecule has 1 aromatic rings. The lowest BCUT2D eigenvalue weighted by Crippen LogP contribution is -2.29. The van der Waals surface area contributed by atoms with Gasteiger partial charge in [-0.3, -0.25) is 10.2 Å². The summed E-state index contributed by atoms with van der Waals surface area (Å²) in [5.74, 6) is -0.608. The number of hydrogen-bond acceptors (Lipinski definition) is 5. The van der Waals surface area contributed by atoms with E-state index in [9.17, 15) is 9.90 Å². The Morgan fingerprint density at radius 2 is 2.30 bits per heavy atom. The summed E-state index contributed by atoms with van der Waals surface area (Å²) in [4.78, 5) is 18.2. The standard InChI is InChI=1S/C12H14BrN5O2/c1-5(13)4-7-6(2-3-16-10(19)8(7)14)9-11(20)18-12(15)17-9/h4,14,20H,2-3H2,1H3,(H,16,19)(H3,15,17,18)/b5-4+,14-8?. The van der Waals surface area contributed by atoms with Gasteiger partial charge in [0.25, 0.3) is 5.91 Å². The van der Waals surface area contributed by atoms with E-state index in [2.05, 4.69) is 31.2 Å². The van der Waals surface area contributed by atoms with Crippen LogP contribution in [0.15, 0.2) is 16.1 Å². The van der Waals surface area contributed by atoms with Gasteiger partial charge in [-0.1, -0.05) is 15.9 Å². The number of nitrogen functional groups attached to an aromatic ring is 1. The van der Waals surface area contributed by atoms with Crippen LogP contribution in [-0.2, 0) is 4.79 Å². The number of H-pyrrole nitrogens is 1. The third-order valence-corrected chi connectivity index (χ3v) is 3.06. The predicted molar refractivity (Wildman–Crippen MR) is 79.6 cm³/mol. The number of halogens is 1. The van der Waals surface area contributed by atoms with Crippen LogP contribution in [0.25, 0.3) is 5.57 Å². The predicted octanol–water partition coefficient (Wildman–Crippen LogP) is 1.29. The second kappa shape index (κ2) is 5.49. The van der Waals surface area contributed by atoms with Crippen LogP contribution in [0.3, 0.4) is 0 Å². The van der Waals surface area contributed by atoms with Gasteiger partial charge in [0.2, 0.25) is 11.8 Å². The number of nitrogens with zero attached hydrogens (tertiary/aromatic N) is 1. The molecule has 0 saturated carbocycles. The summed E-state index contributed by atoms with van der Waals surface area (Å²) in [6.07, 6.45) is 2.12. The zero-order chi connectivity index (χ0) is 14.9. The molecule has 20 heavy (non-hydrogen) atoms. The van der Waals surface area contributed by atoms with Crippen LogP contribution in [0.2, 0.25) is 0 Å². The summed E-state index contributed by atoms with van der Waals surface area (Å²) in [7, 11) is 0. The molecule has 0 atom stereocenters. The lowest BCUT2D eigenvalue weighted by Gasteiger charge is -2.08. The van der Waals surface area contributed by atoms with E-state index >= 15 is 0 Å². The van der Waals surface area contributed by atoms with Crippen LogP contribution in [0.5, 0.6) is 5.88 Å². The van der Waals surface area contributed by atoms with E-state index in [1.54, 1.807) is 13.0 Å². The van der Waals surface area contributed by atoms with Crippen molar-refractivity contribution in [3.63, 3.8) is 0 Å². The Labute approximate surface area is 123 Å². The highest BCUT2D eigenvalue weighted by atomic mass is 79.9. The number of amides is 1. The van der Waals surface area contributed by atoms with Crippen molar-refractivity contribution in [1.29, 1.82) is 5.41 Å². The first-order valence-electron chi connectivity index (χ1n) is 5.89. The second-order valence-electron chi connectivity index (χ2n) is 4.32. The van der Waals surface area contributed by atoms with Crippen molar-refractivity contribution in [3.8, 4) is 5.88 Å². The number of anilines is 1. The Hall–Kier alpha value is -2.09. The number of carbonyl (C=O) groups is 1. The Morgan fingerprint density at radius 1 is 1.60 bits per heavy atom. The number of imidazole rings is 1. The first kappa shape index (κ1) is 14.3. The van der Waals surface area contributed by atoms with Gasteiger partial charge in [0.1, 0.15) is 11.4 Å². The minimum absolute atomic E-state index is 0.0824. The number of aromatic nitrogens is 2. The van der Waals surface area contributed by atoms with Gasteiger partial charge >= 0.3 is 0 Å². The molecular formula is C12H14BrN5O2. The summed E-state index contributed by atoms with van der Waals surface area (Å²) in [5.41, 5.74) is 6.74. The molecule has 0 unspecified atom stereocenters. The maximum atomic E-state index is 11.7. The van der Waals surface area contributed by atoms with Crippen LogP contribution in [0.4, 0.5) is 5.95 Å². The van der Waals surface area contributed by atoms with E-state index in [4.69, 9.17) is 11.1 Å². The maximum absolute atomic E-state index is 11.7. The molecule has 0 fully saturated rings. The van der Waals surface area contributed by atoms with Crippen LogP contribution in [0.1, 0.15) is 19.0 Å². The van der Waals surface area contributed by atoms with Crippen molar-refractivity contribution in [2.75, 3.05) is 12.3 Å². The molecule has 106 valence electrons. The van der Waals surface area contributed by atoms with Crippen molar-refractivity contribution in [2.24, 2.45) is 0 Å². The topological polar surface area (TPSA) is 128 Å². The van der Waals surface area contributed by atoms with Crippen LogP contribution >= 0.6 is 15.9 Å². The van der Waals surface area contributed by atoms with Gasteiger partial charge in [-0.2, -0.15) is 4.98 Å². The van der Waals surface area contributed by atoms with E-state index < -0.39 is 5.91 Å². The summed E-state index contributed by atoms with van der Waals surface area (Å²) in [6, 6.07) is 0. The lowest BCUT2D eigenvalue weighted by atomic mass is 9.98. The Kier molecular flexibility index (Phi) is 3.93. The molecule has 6 N–H and O–H groups in total. The molecule has 0 aromatic carbocycles. The van der Waals surface area contributed by atoms with Crippen molar-refractivity contribution in [2.45, 2.75) is 13.3 Å². The van der Waals surface area contributed by atoms with Gasteiger partial charge in [-0.05, 0) is 29.5 Å². The van der Waals surface area contributed by atoms with Crippen molar-refractivity contribution >= 4 is 39.1 Å². The van der Waals surface area contributed by atoms with Gasteiger partial charge in [0, 0.05) is 12.1 Å². The molecule has 0 aliphatic carbocycles. The molecule has 1 aliphatic rings. The molecule has 0 saturated heterocycles. The quantitative estimate of drug-likeness (QED) is 0.556. The fourth-order valence-corrected chi connectivity index (χ4v) is 2.24. The average Bonchev–Trinajstić information content (AvgIpc) is 2.63. The summed E-state index contributed by atoms with van der Waals surface area (Å²) in [5, 5.41) is 20.4. The third-order valence-electron chi connectivity index (χ3n) is 2.83. The molecule has 8 heteroatoms. The molecule has 7 nitrogen and oxygen atoms in total. The third kappa shape index (κ3) is 2.74. The molecule has 2 heterocycles. The Balaban J connectivity index is 2.66. The zero-order valence-electron chi connectivity index (χ0n) is 10.7. The van der Waals surface area contributed by atoms with Gasteiger partial charge in [-0.15, -0.1) is 0 Å². The summed E-state index contributed by atoms with van der Waals surface area (Å²) >= 11 is 3.29. The second-order valence-corrected chi connectivity index (χ2v) is 5.58. The molecule has 0 radical (unpaired) electrons. The van der Waals surface area contributed by atoms with Crippen molar-refractivity contribution in [1.82, 2.24) is 15.3 Å². The highest BCUT2D eigenvalue weighted by Crippen LogP contribution is 2.31. The number of carbonyl (C=O) groups excluding carboxylic acids is 1. The number of nitrogens with two attached hydrogens (primary N) is 1. The van der Waals surface area contributed by atoms with Gasteiger partial charge in [-0.25, -0.2) is 0 Å². The molecular weight excluding hydrogens is 326 g/mol. The lowest BCUT2D eigenvalue weighted by molar-refractivity contribution is -0.114. The first-order valence-corrected chi connectivity index (χ1v) is 6.68. The molecule has 0 bridgehead atoms. The fourth-order valence-electron chi connectivity index (χ4n) is 2.01. The zero-order valence-corrected chi connectivity index (χ0v) is 12.3. The molecule has 1 aliphatic heterocycles. The van der Waals surface area contributed by atoms with Gasteiger partial charge in [0.15, 0.2) is 0 Å². The average molecular weight is 340 g/mol. The highest BCUT2D eigenvalue weighted by molar-refractivity contribution is 9.11. The fraction of sp³-hybridized carbons (Fsp3) is 0.250. The molecule has 2 rings (SSSR count). The number of aromatic hydroxyl groups is 1. The number of allylic oxidation sites excluding steroid dienone is 2. The van der Waals surface area contributed by atoms with E-state index in [1.165, 1.54) is 0 Å². The minimum Gasteiger partial charge on any atom is -0.492 e. The molecule has 1 aromatic heterocycles. The summed E-state index contributed by atoms with van der Waals surface area (Å²) < 4.78 is 0.761. The minimum atomic E-state index is -0.452. The smallest absolute Gasteiger partial charge is 0.269 e. The van der Waals surface area contributed by atoms with E-state index in [0.29, 0.717) is 29.8 Å². The molecule has 1 amide bonds. The molecule has 0 spiro atoms. The van der Waals surface area contributed by atoms with Gasteiger partial charge in [0.05, 0.1) is 0 Å². The monoisotopic (exact) mass is 339 g/mol. The van der Waals surface area contributed by atoms with E-state index in [-0.39, 0.29) is 17.5 Å². The number of hydrogen-bond donors (Lipinski definition) is 5. The van der Waals surface area contributed by atoms with Crippen LogP contribution < -0.4 is 11.1 Å². The number of rotatable bonds is 2.